The van der Waals surface area contributed by atoms with Crippen molar-refractivity contribution in [2.24, 2.45) is 10.5 Å². The summed E-state index contributed by atoms with van der Waals surface area (Å²) in [6.07, 6.45) is 1.02. The van der Waals surface area contributed by atoms with E-state index in [1.807, 2.05) is 56.3 Å². The Morgan fingerprint density at radius 1 is 0.892 bits per heavy atom. The van der Waals surface area contributed by atoms with Gasteiger partial charge in [0.25, 0.3) is 5.91 Å². The van der Waals surface area contributed by atoms with E-state index in [0.717, 1.165) is 16.3 Å². The molecule has 194 valence electrons. The lowest BCUT2D eigenvalue weighted by Gasteiger charge is -2.35. The summed E-state index contributed by atoms with van der Waals surface area (Å²) in [5.41, 5.74) is 0.618. The van der Waals surface area contributed by atoms with Crippen LogP contribution >= 0.6 is 0 Å². The normalized spacial score (nSPS) is 18.8. The summed E-state index contributed by atoms with van der Waals surface area (Å²) in [7, 11) is -0.491. The van der Waals surface area contributed by atoms with Gasteiger partial charge in [-0.1, -0.05) is 30.3 Å². The van der Waals surface area contributed by atoms with E-state index in [-0.39, 0.29) is 16.8 Å². The molecule has 3 aromatic carbocycles. The molecule has 0 atom stereocenters. The topological polar surface area (TPSA) is 88.5 Å². The fraction of sp³-hybridized carbons (Fsp3) is 0.357. The number of methoxy groups -OCH3 is 2. The van der Waals surface area contributed by atoms with Crippen LogP contribution in [0.1, 0.15) is 32.3 Å². The van der Waals surface area contributed by atoms with Gasteiger partial charge < -0.3 is 9.47 Å². The molecule has 37 heavy (non-hydrogen) atoms. The average Bonchev–Trinajstić information content (AvgIpc) is 3.16. The van der Waals surface area contributed by atoms with Crippen LogP contribution in [0.4, 0.5) is 0 Å². The Kier molecular flexibility index (Phi) is 6.45. The molecule has 0 radical (unpaired) electrons. The van der Waals surface area contributed by atoms with Crippen LogP contribution in [0.25, 0.3) is 10.8 Å². The number of hydrogen-bond donors (Lipinski definition) is 0. The number of benzene rings is 3. The zero-order chi connectivity index (χ0) is 26.4. The molecule has 2 heterocycles. The number of sulfonamides is 1. The van der Waals surface area contributed by atoms with Crippen LogP contribution in [0.2, 0.25) is 0 Å². The van der Waals surface area contributed by atoms with Gasteiger partial charge >= 0.3 is 0 Å². The number of nitrogens with zero attached hydrogens (tertiary/aromatic N) is 3. The monoisotopic (exact) mass is 521 g/mol. The molecular formula is C28H31N3O5S. The van der Waals surface area contributed by atoms with Gasteiger partial charge in [0.1, 0.15) is 0 Å². The molecule has 9 heteroatoms. The van der Waals surface area contributed by atoms with Crippen molar-refractivity contribution in [3.05, 3.63) is 66.2 Å². The Morgan fingerprint density at radius 3 is 2.24 bits per heavy atom. The summed E-state index contributed by atoms with van der Waals surface area (Å²) in [5.74, 6) is 1.08. The molecule has 0 spiro atoms. The lowest BCUT2D eigenvalue weighted by Crippen LogP contribution is -2.47. The van der Waals surface area contributed by atoms with E-state index in [2.05, 4.69) is 0 Å². The molecule has 0 N–H and O–H groups in total. The molecule has 8 nitrogen and oxygen atoms in total. The minimum absolute atomic E-state index is 0.0897. The molecule has 0 aliphatic carbocycles. The number of ether oxygens (including phenoxy) is 2. The van der Waals surface area contributed by atoms with Crippen LogP contribution in [0.5, 0.6) is 11.5 Å². The smallest absolute Gasteiger partial charge is 0.254 e. The van der Waals surface area contributed by atoms with Gasteiger partial charge in [0.05, 0.1) is 36.3 Å². The highest BCUT2D eigenvalue weighted by molar-refractivity contribution is 7.89. The summed E-state index contributed by atoms with van der Waals surface area (Å²) < 4.78 is 39.0. The molecule has 2 aliphatic rings. The van der Waals surface area contributed by atoms with Gasteiger partial charge in [0.2, 0.25) is 10.0 Å². The number of amides is 1. The lowest BCUT2D eigenvalue weighted by molar-refractivity contribution is -0.137. The molecule has 0 saturated carbocycles. The van der Waals surface area contributed by atoms with Crippen molar-refractivity contribution in [2.45, 2.75) is 37.6 Å². The maximum Gasteiger partial charge on any atom is 0.254 e. The van der Waals surface area contributed by atoms with Gasteiger partial charge in [-0.3, -0.25) is 4.79 Å². The first-order valence-corrected chi connectivity index (χ1v) is 13.7. The largest absolute Gasteiger partial charge is 0.493 e. The molecule has 1 amide bonds. The number of hydrazone groups is 1. The maximum absolute atomic E-state index is 13.4. The molecule has 1 saturated heterocycles. The second-order valence-electron chi connectivity index (χ2n) is 9.94. The molecule has 1 fully saturated rings. The van der Waals surface area contributed by atoms with E-state index in [1.54, 1.807) is 37.4 Å². The van der Waals surface area contributed by atoms with Gasteiger partial charge in [0, 0.05) is 18.7 Å². The van der Waals surface area contributed by atoms with Crippen LogP contribution < -0.4 is 9.47 Å². The fourth-order valence-corrected chi connectivity index (χ4v) is 6.62. The van der Waals surface area contributed by atoms with E-state index in [9.17, 15) is 13.2 Å². The highest BCUT2D eigenvalue weighted by atomic mass is 32.2. The molecular weight excluding hydrogens is 490 g/mol. The van der Waals surface area contributed by atoms with Gasteiger partial charge in [-0.25, -0.2) is 13.4 Å². The van der Waals surface area contributed by atoms with Crippen LogP contribution in [0.3, 0.4) is 0 Å². The van der Waals surface area contributed by atoms with Crippen molar-refractivity contribution in [3.8, 4) is 11.5 Å². The zero-order valence-electron chi connectivity index (χ0n) is 21.5. The van der Waals surface area contributed by atoms with Gasteiger partial charge in [-0.05, 0) is 67.8 Å². The first kappa shape index (κ1) is 25.2. The van der Waals surface area contributed by atoms with Crippen molar-refractivity contribution in [2.75, 3.05) is 27.3 Å². The third-order valence-electron chi connectivity index (χ3n) is 7.33. The summed E-state index contributed by atoms with van der Waals surface area (Å²) in [5, 5.41) is 8.21. The van der Waals surface area contributed by atoms with Crippen LogP contribution in [0.15, 0.2) is 70.7 Å². The predicted molar refractivity (Wildman–Crippen MR) is 142 cm³/mol. The molecule has 0 unspecified atom stereocenters. The third kappa shape index (κ3) is 4.36. The van der Waals surface area contributed by atoms with E-state index >= 15 is 0 Å². The number of fused-ring (bicyclic) bond motifs is 1. The third-order valence-corrected chi connectivity index (χ3v) is 9.22. The summed E-state index contributed by atoms with van der Waals surface area (Å²) in [6.45, 7) is 4.38. The second kappa shape index (κ2) is 9.46. The Morgan fingerprint density at radius 2 is 1.57 bits per heavy atom. The highest BCUT2D eigenvalue weighted by Crippen LogP contribution is 2.38. The quantitative estimate of drug-likeness (QED) is 0.483. The van der Waals surface area contributed by atoms with Crippen molar-refractivity contribution in [1.29, 1.82) is 0 Å². The molecule has 5 rings (SSSR count). The summed E-state index contributed by atoms with van der Waals surface area (Å²) in [6, 6.07) is 18.3. The fourth-order valence-electron chi connectivity index (χ4n) is 5.12. The number of carbonyl (C=O) groups excluding carboxylic acids is 1. The van der Waals surface area contributed by atoms with Crippen LogP contribution in [-0.2, 0) is 14.8 Å². The van der Waals surface area contributed by atoms with Crippen molar-refractivity contribution in [1.82, 2.24) is 9.31 Å². The number of piperidine rings is 1. The standard InChI is InChI=1S/C28H31N3O5S/c1-28(2)26(21-10-12-24(35-3)25(18-21)36-4)29-31(27(28)32)22-13-15-30(16-14-22)37(33,34)23-11-9-19-7-5-6-8-20(19)17-23/h5-12,17-18,22H,13-16H2,1-4H3. The highest BCUT2D eigenvalue weighted by Gasteiger charge is 2.47. The second-order valence-corrected chi connectivity index (χ2v) is 11.9. The van der Waals surface area contributed by atoms with Crippen molar-refractivity contribution < 1.29 is 22.7 Å². The molecule has 3 aromatic rings. The predicted octanol–water partition coefficient (Wildman–Crippen LogP) is 4.28. The minimum atomic E-state index is -3.64. The van der Waals surface area contributed by atoms with Crippen LogP contribution in [0, 0.1) is 5.41 Å². The minimum Gasteiger partial charge on any atom is -0.493 e. The van der Waals surface area contributed by atoms with Gasteiger partial charge in [-0.15, -0.1) is 0 Å². The SMILES string of the molecule is COc1ccc(C2=NN(C3CCN(S(=O)(=O)c4ccc5ccccc5c4)CC3)C(=O)C2(C)C)cc1OC. The van der Waals surface area contributed by atoms with Crippen LogP contribution in [-0.4, -0.2) is 62.7 Å². The molecule has 0 aromatic heterocycles. The average molecular weight is 522 g/mol. The Labute approximate surface area is 217 Å². The summed E-state index contributed by atoms with van der Waals surface area (Å²) >= 11 is 0. The Hall–Kier alpha value is -3.43. The number of rotatable bonds is 6. The first-order valence-electron chi connectivity index (χ1n) is 12.3. The van der Waals surface area contributed by atoms with Gasteiger partial charge in [-0.2, -0.15) is 9.41 Å². The van der Waals surface area contributed by atoms with Gasteiger partial charge in [0.15, 0.2) is 11.5 Å². The number of hydrogen-bond acceptors (Lipinski definition) is 6. The van der Waals surface area contributed by atoms with E-state index in [0.29, 0.717) is 43.1 Å². The molecule has 0 bridgehead atoms. The zero-order valence-corrected chi connectivity index (χ0v) is 22.3. The van der Waals surface area contributed by atoms with E-state index in [4.69, 9.17) is 14.6 Å². The lowest BCUT2D eigenvalue weighted by atomic mass is 9.83. The number of carbonyl (C=O) groups is 1. The first-order chi connectivity index (χ1) is 17.7. The molecule has 2 aliphatic heterocycles. The summed E-state index contributed by atoms with van der Waals surface area (Å²) in [4.78, 5) is 13.7. The Balaban J connectivity index is 1.35. The maximum atomic E-state index is 13.4. The van der Waals surface area contributed by atoms with E-state index < -0.39 is 15.4 Å². The van der Waals surface area contributed by atoms with E-state index in [1.165, 1.54) is 4.31 Å². The Bertz CT molecular complexity index is 1490. The van der Waals surface area contributed by atoms with Crippen molar-refractivity contribution >= 4 is 32.4 Å². The van der Waals surface area contributed by atoms with Crippen molar-refractivity contribution in [3.63, 3.8) is 0 Å².